The Morgan fingerprint density at radius 2 is 1.97 bits per heavy atom. The Kier molecular flexibility index (Phi) is 4.49. The number of H-pyrrole nitrogens is 1. The van der Waals surface area contributed by atoms with Crippen molar-refractivity contribution in [1.29, 1.82) is 0 Å². The molecule has 4 aromatic rings. The lowest BCUT2D eigenvalue weighted by Gasteiger charge is -2.28. The van der Waals surface area contributed by atoms with Gasteiger partial charge in [0.2, 0.25) is 0 Å². The summed E-state index contributed by atoms with van der Waals surface area (Å²) in [6, 6.07) is 12.6. The molecule has 1 fully saturated rings. The Bertz CT molecular complexity index is 1290. The Morgan fingerprint density at radius 1 is 1.17 bits per heavy atom. The van der Waals surface area contributed by atoms with Gasteiger partial charge in [0, 0.05) is 29.7 Å². The van der Waals surface area contributed by atoms with Gasteiger partial charge in [0.1, 0.15) is 5.75 Å². The van der Waals surface area contributed by atoms with Crippen LogP contribution in [0.5, 0.6) is 5.75 Å². The lowest BCUT2D eigenvalue weighted by Crippen LogP contribution is -2.36. The Morgan fingerprint density at radius 3 is 2.70 bits per heavy atom. The molecule has 7 nitrogen and oxygen atoms in total. The highest BCUT2D eigenvalue weighted by Crippen LogP contribution is 2.34. The number of nitrogens with two attached hydrogens (primary N) is 1. The summed E-state index contributed by atoms with van der Waals surface area (Å²) in [6.45, 7) is 3.08. The van der Waals surface area contributed by atoms with Gasteiger partial charge in [0.25, 0.3) is 5.91 Å². The predicted octanol–water partition coefficient (Wildman–Crippen LogP) is 3.68. The highest BCUT2D eigenvalue weighted by atomic mass is 35.5. The number of benzene rings is 2. The summed E-state index contributed by atoms with van der Waals surface area (Å²) in [5, 5.41) is 10.8. The number of aromatic nitrogens is 2. The quantitative estimate of drug-likeness (QED) is 0.467. The van der Waals surface area contributed by atoms with E-state index in [0.717, 1.165) is 29.7 Å². The molecule has 152 valence electrons. The number of anilines is 1. The number of aromatic amines is 1. The molecule has 4 N–H and O–H groups in total. The van der Waals surface area contributed by atoms with Crippen molar-refractivity contribution in [3.8, 4) is 17.0 Å². The Labute approximate surface area is 177 Å². The number of ether oxygens (including phenoxy) is 1. The zero-order chi connectivity index (χ0) is 20.8. The number of rotatable bonds is 3. The summed E-state index contributed by atoms with van der Waals surface area (Å²) in [5.41, 5.74) is 10.5. The van der Waals surface area contributed by atoms with E-state index in [4.69, 9.17) is 27.1 Å². The molecule has 0 aliphatic carbocycles. The molecule has 1 aliphatic heterocycles. The molecule has 0 unspecified atom stereocenters. The number of amides is 1. The van der Waals surface area contributed by atoms with Gasteiger partial charge in [-0.25, -0.2) is 4.98 Å². The van der Waals surface area contributed by atoms with Gasteiger partial charge in [-0.15, -0.1) is 0 Å². The van der Waals surface area contributed by atoms with Crippen molar-refractivity contribution in [2.24, 2.45) is 5.73 Å². The molecule has 0 spiro atoms. The summed E-state index contributed by atoms with van der Waals surface area (Å²) in [6.07, 6.45) is 0. The van der Waals surface area contributed by atoms with Crippen LogP contribution in [0.3, 0.4) is 0 Å². The zero-order valence-electron chi connectivity index (χ0n) is 16.0. The van der Waals surface area contributed by atoms with Crippen molar-refractivity contribution in [2.75, 3.05) is 31.2 Å². The van der Waals surface area contributed by atoms with Crippen LogP contribution < -0.4 is 10.6 Å². The smallest absolute Gasteiger partial charge is 0.250 e. The van der Waals surface area contributed by atoms with Crippen molar-refractivity contribution in [3.63, 3.8) is 0 Å². The standard InChI is InChI=1S/C22H19ClN4O3/c23-16-9-12(1-4-19(16)28)17-11-15(22(24)29)21-20(25-17)14-3-2-13(10-18(14)26-21)27-5-7-30-8-6-27/h1-4,9-11,26,28H,5-8H2,(H2,24,29). The van der Waals surface area contributed by atoms with Gasteiger partial charge in [-0.1, -0.05) is 11.6 Å². The molecule has 3 heterocycles. The number of phenolic OH excluding ortho intramolecular Hbond substituents is 1. The molecule has 0 bridgehead atoms. The summed E-state index contributed by atoms with van der Waals surface area (Å²) in [4.78, 5) is 22.6. The number of halogens is 1. The molecule has 1 aliphatic rings. The predicted molar refractivity (Wildman–Crippen MR) is 117 cm³/mol. The van der Waals surface area contributed by atoms with Gasteiger partial charge in [0.05, 0.1) is 46.0 Å². The van der Waals surface area contributed by atoms with Gasteiger partial charge < -0.3 is 25.5 Å². The second-order valence-electron chi connectivity index (χ2n) is 7.26. The minimum atomic E-state index is -0.548. The number of primary amides is 1. The molecule has 30 heavy (non-hydrogen) atoms. The van der Waals surface area contributed by atoms with Gasteiger partial charge in [-0.2, -0.15) is 0 Å². The van der Waals surface area contributed by atoms with Crippen LogP contribution in [0, 0.1) is 0 Å². The number of carbonyl (C=O) groups is 1. The Hall–Kier alpha value is -3.29. The van der Waals surface area contributed by atoms with Gasteiger partial charge in [-0.05, 0) is 42.5 Å². The normalized spacial score (nSPS) is 14.5. The maximum Gasteiger partial charge on any atom is 0.250 e. The molecular weight excluding hydrogens is 404 g/mol. The lowest BCUT2D eigenvalue weighted by atomic mass is 10.1. The lowest BCUT2D eigenvalue weighted by molar-refractivity contribution is 0.100. The summed E-state index contributed by atoms with van der Waals surface area (Å²) in [7, 11) is 0. The van der Waals surface area contributed by atoms with E-state index in [1.807, 2.05) is 6.07 Å². The SMILES string of the molecule is NC(=O)c1cc(-c2ccc(O)c(Cl)c2)nc2c1[nH]c1cc(N3CCOCC3)ccc12. The number of morpholine rings is 1. The monoisotopic (exact) mass is 422 g/mol. The zero-order valence-corrected chi connectivity index (χ0v) is 16.7. The topological polar surface area (TPSA) is 104 Å². The van der Waals surface area contributed by atoms with Gasteiger partial charge in [0.15, 0.2) is 0 Å². The third-order valence-corrected chi connectivity index (χ3v) is 5.73. The van der Waals surface area contributed by atoms with Crippen molar-refractivity contribution in [2.45, 2.75) is 0 Å². The molecule has 0 radical (unpaired) electrons. The number of carbonyl (C=O) groups excluding carboxylic acids is 1. The van der Waals surface area contributed by atoms with Gasteiger partial charge in [-0.3, -0.25) is 4.79 Å². The van der Waals surface area contributed by atoms with Crippen LogP contribution in [-0.4, -0.2) is 47.3 Å². The number of fused-ring (bicyclic) bond motifs is 3. The van der Waals surface area contributed by atoms with Crippen LogP contribution >= 0.6 is 11.6 Å². The molecule has 1 amide bonds. The first kappa shape index (κ1) is 18.7. The first-order valence-corrected chi connectivity index (χ1v) is 9.97. The first-order chi connectivity index (χ1) is 14.5. The molecular formula is C22H19ClN4O3. The van der Waals surface area contributed by atoms with E-state index >= 15 is 0 Å². The second-order valence-corrected chi connectivity index (χ2v) is 7.67. The summed E-state index contributed by atoms with van der Waals surface area (Å²) in [5.74, 6) is -0.562. The molecule has 2 aromatic carbocycles. The van der Waals surface area contributed by atoms with E-state index in [-0.39, 0.29) is 10.8 Å². The maximum atomic E-state index is 12.2. The average molecular weight is 423 g/mol. The third-order valence-electron chi connectivity index (χ3n) is 5.42. The number of nitrogens with zero attached hydrogens (tertiary/aromatic N) is 2. The summed E-state index contributed by atoms with van der Waals surface area (Å²) < 4.78 is 5.43. The molecule has 1 saturated heterocycles. The van der Waals surface area contributed by atoms with Crippen molar-refractivity contribution >= 4 is 45.1 Å². The van der Waals surface area contributed by atoms with E-state index in [1.165, 1.54) is 6.07 Å². The molecule has 0 saturated carbocycles. The second kappa shape index (κ2) is 7.19. The minimum Gasteiger partial charge on any atom is -0.506 e. The number of hydrogen-bond donors (Lipinski definition) is 3. The first-order valence-electron chi connectivity index (χ1n) is 9.59. The van der Waals surface area contributed by atoms with E-state index < -0.39 is 5.91 Å². The van der Waals surface area contributed by atoms with Crippen LogP contribution in [0.15, 0.2) is 42.5 Å². The number of aromatic hydroxyl groups is 1. The van der Waals surface area contributed by atoms with E-state index in [1.54, 1.807) is 18.2 Å². The van der Waals surface area contributed by atoms with Crippen LogP contribution in [-0.2, 0) is 4.74 Å². The minimum absolute atomic E-state index is 0.0145. The molecule has 0 atom stereocenters. The number of pyridine rings is 1. The van der Waals surface area contributed by atoms with E-state index in [2.05, 4.69) is 22.0 Å². The average Bonchev–Trinajstić information content (AvgIpc) is 3.13. The van der Waals surface area contributed by atoms with Crippen LogP contribution in [0.25, 0.3) is 33.2 Å². The van der Waals surface area contributed by atoms with Crippen LogP contribution in [0.2, 0.25) is 5.02 Å². The van der Waals surface area contributed by atoms with Gasteiger partial charge >= 0.3 is 0 Å². The van der Waals surface area contributed by atoms with E-state index in [9.17, 15) is 9.90 Å². The fourth-order valence-corrected chi connectivity index (χ4v) is 4.05. The van der Waals surface area contributed by atoms with Crippen LogP contribution in [0.1, 0.15) is 10.4 Å². The summed E-state index contributed by atoms with van der Waals surface area (Å²) >= 11 is 6.06. The molecule has 5 rings (SSSR count). The Balaban J connectivity index is 1.70. The largest absolute Gasteiger partial charge is 0.506 e. The van der Waals surface area contributed by atoms with Crippen molar-refractivity contribution in [1.82, 2.24) is 9.97 Å². The van der Waals surface area contributed by atoms with Crippen molar-refractivity contribution < 1.29 is 14.6 Å². The highest BCUT2D eigenvalue weighted by molar-refractivity contribution is 6.32. The van der Waals surface area contributed by atoms with Crippen LogP contribution in [0.4, 0.5) is 5.69 Å². The highest BCUT2D eigenvalue weighted by Gasteiger charge is 2.18. The van der Waals surface area contributed by atoms with Crippen molar-refractivity contribution in [3.05, 3.63) is 53.1 Å². The number of phenols is 1. The third kappa shape index (κ3) is 3.12. The fourth-order valence-electron chi connectivity index (χ4n) is 3.87. The fraction of sp³-hybridized carbons (Fsp3) is 0.182. The maximum absolute atomic E-state index is 12.2. The molecule has 2 aromatic heterocycles. The number of hydrogen-bond acceptors (Lipinski definition) is 5. The number of nitrogens with one attached hydrogen (secondary N) is 1. The van der Waals surface area contributed by atoms with E-state index in [0.29, 0.717) is 41.1 Å². The molecule has 8 heteroatoms.